The lowest BCUT2D eigenvalue weighted by Gasteiger charge is -2.26. The summed E-state index contributed by atoms with van der Waals surface area (Å²) in [5.74, 6) is -1.18. The summed E-state index contributed by atoms with van der Waals surface area (Å²) in [5.41, 5.74) is 1.06. The van der Waals surface area contributed by atoms with E-state index >= 15 is 0 Å². The quantitative estimate of drug-likeness (QED) is 0.228. The van der Waals surface area contributed by atoms with Crippen molar-refractivity contribution < 1.29 is 24.5 Å². The molecule has 1 fully saturated rings. The van der Waals surface area contributed by atoms with E-state index in [4.69, 9.17) is 27.9 Å². The van der Waals surface area contributed by atoms with E-state index in [0.717, 1.165) is 0 Å². The highest BCUT2D eigenvalue weighted by Crippen LogP contribution is 2.44. The molecule has 1 aliphatic rings. The van der Waals surface area contributed by atoms with Gasteiger partial charge in [0.15, 0.2) is 0 Å². The highest BCUT2D eigenvalue weighted by Gasteiger charge is 2.47. The van der Waals surface area contributed by atoms with Crippen LogP contribution in [-0.2, 0) is 9.59 Å². The van der Waals surface area contributed by atoms with Crippen LogP contribution >= 0.6 is 23.2 Å². The first-order chi connectivity index (χ1) is 16.7. The van der Waals surface area contributed by atoms with Gasteiger partial charge in [0.1, 0.15) is 17.3 Å². The van der Waals surface area contributed by atoms with E-state index in [1.165, 1.54) is 17.0 Å². The maximum atomic E-state index is 13.2. The number of ether oxygens (including phenoxy) is 1. The summed E-state index contributed by atoms with van der Waals surface area (Å²) >= 11 is 12.3. The summed E-state index contributed by atoms with van der Waals surface area (Å²) in [6, 6.07) is 16.5. The number of phenolic OH excluding ortho intramolecular Hbond substituents is 1. The fourth-order valence-corrected chi connectivity index (χ4v) is 4.23. The molecule has 3 aromatic rings. The third-order valence-electron chi connectivity index (χ3n) is 5.53. The number of halogens is 2. The van der Waals surface area contributed by atoms with E-state index < -0.39 is 17.7 Å². The molecule has 0 bridgehead atoms. The van der Waals surface area contributed by atoms with E-state index in [0.29, 0.717) is 40.1 Å². The standard InChI is InChI=1S/C27H23Cl2NO5/c1-15(2)14-35-20-9-6-16(7-10-20)25(32)23-24(17-8-11-22(31)21(29)12-17)30(27(34)26(23)33)19-5-3-4-18(28)13-19/h3-13,15,24,31-32H,14H2,1-2H3/b25-23-. The molecule has 0 radical (unpaired) electrons. The van der Waals surface area contributed by atoms with Gasteiger partial charge in [-0.2, -0.15) is 0 Å². The Hall–Kier alpha value is -3.48. The van der Waals surface area contributed by atoms with Gasteiger partial charge in [0.05, 0.1) is 23.2 Å². The normalized spacial score (nSPS) is 17.3. The second-order valence-electron chi connectivity index (χ2n) is 8.59. The van der Waals surface area contributed by atoms with Gasteiger partial charge in [0.2, 0.25) is 0 Å². The van der Waals surface area contributed by atoms with Crippen molar-refractivity contribution in [1.82, 2.24) is 0 Å². The molecule has 4 rings (SSSR count). The second-order valence-corrected chi connectivity index (χ2v) is 9.43. The SMILES string of the molecule is CC(C)COc1ccc(/C(O)=C2/C(=O)C(=O)N(c3cccc(Cl)c3)C2c2ccc(O)c(Cl)c2)cc1. The van der Waals surface area contributed by atoms with Gasteiger partial charge in [-0.25, -0.2) is 0 Å². The van der Waals surface area contributed by atoms with Crippen LogP contribution in [0, 0.1) is 5.92 Å². The summed E-state index contributed by atoms with van der Waals surface area (Å²) in [5, 5.41) is 21.5. The molecule has 2 N–H and O–H groups in total. The predicted molar refractivity (Wildman–Crippen MR) is 136 cm³/mol. The van der Waals surface area contributed by atoms with Crippen molar-refractivity contribution in [2.75, 3.05) is 11.5 Å². The van der Waals surface area contributed by atoms with Crippen molar-refractivity contribution in [3.05, 3.63) is 93.5 Å². The van der Waals surface area contributed by atoms with Crippen LogP contribution in [0.3, 0.4) is 0 Å². The lowest BCUT2D eigenvalue weighted by Crippen LogP contribution is -2.29. The van der Waals surface area contributed by atoms with Crippen LogP contribution in [0.2, 0.25) is 10.0 Å². The minimum absolute atomic E-state index is 0.0471. The largest absolute Gasteiger partial charge is 0.507 e. The number of anilines is 1. The Morgan fingerprint density at radius 3 is 2.37 bits per heavy atom. The van der Waals surface area contributed by atoms with E-state index in [1.54, 1.807) is 54.6 Å². The number of ketones is 1. The highest BCUT2D eigenvalue weighted by atomic mass is 35.5. The van der Waals surface area contributed by atoms with Crippen molar-refractivity contribution in [1.29, 1.82) is 0 Å². The lowest BCUT2D eigenvalue weighted by molar-refractivity contribution is -0.132. The van der Waals surface area contributed by atoms with Gasteiger partial charge in [-0.3, -0.25) is 14.5 Å². The van der Waals surface area contributed by atoms with Crippen molar-refractivity contribution in [3.8, 4) is 11.5 Å². The van der Waals surface area contributed by atoms with Crippen LogP contribution in [0.25, 0.3) is 5.76 Å². The van der Waals surface area contributed by atoms with Gasteiger partial charge in [-0.05, 0) is 66.1 Å². The maximum Gasteiger partial charge on any atom is 0.300 e. The number of phenols is 1. The molecule has 1 amide bonds. The average molecular weight is 512 g/mol. The Morgan fingerprint density at radius 1 is 1.03 bits per heavy atom. The number of hydrogen-bond donors (Lipinski definition) is 2. The van der Waals surface area contributed by atoms with Crippen molar-refractivity contribution in [2.24, 2.45) is 5.92 Å². The number of rotatable bonds is 6. The summed E-state index contributed by atoms with van der Waals surface area (Å²) in [7, 11) is 0. The zero-order chi connectivity index (χ0) is 25.3. The van der Waals surface area contributed by atoms with Gasteiger partial charge in [0, 0.05) is 16.3 Å². The number of benzene rings is 3. The monoisotopic (exact) mass is 511 g/mol. The Balaban J connectivity index is 1.84. The molecular formula is C27H23Cl2NO5. The van der Waals surface area contributed by atoms with Gasteiger partial charge in [-0.15, -0.1) is 0 Å². The smallest absolute Gasteiger partial charge is 0.300 e. The molecule has 1 aliphatic heterocycles. The van der Waals surface area contributed by atoms with E-state index in [2.05, 4.69) is 0 Å². The van der Waals surface area contributed by atoms with Crippen LogP contribution < -0.4 is 9.64 Å². The third kappa shape index (κ3) is 4.99. The molecule has 6 nitrogen and oxygen atoms in total. The zero-order valence-electron chi connectivity index (χ0n) is 19.0. The maximum absolute atomic E-state index is 13.2. The third-order valence-corrected chi connectivity index (χ3v) is 6.07. The molecule has 35 heavy (non-hydrogen) atoms. The zero-order valence-corrected chi connectivity index (χ0v) is 20.5. The van der Waals surface area contributed by atoms with Crippen LogP contribution in [0.5, 0.6) is 11.5 Å². The molecule has 1 unspecified atom stereocenters. The number of hydrogen-bond acceptors (Lipinski definition) is 5. The van der Waals surface area contributed by atoms with Crippen LogP contribution in [0.1, 0.15) is 31.0 Å². The van der Waals surface area contributed by atoms with E-state index in [9.17, 15) is 19.8 Å². The molecule has 0 aromatic heterocycles. The molecule has 3 aromatic carbocycles. The molecule has 180 valence electrons. The summed E-state index contributed by atoms with van der Waals surface area (Å²) < 4.78 is 5.69. The first kappa shape index (κ1) is 24.6. The Bertz CT molecular complexity index is 1320. The van der Waals surface area contributed by atoms with Crippen molar-refractivity contribution in [2.45, 2.75) is 19.9 Å². The number of nitrogens with zero attached hydrogens (tertiary/aromatic N) is 1. The molecule has 1 atom stereocenters. The van der Waals surface area contributed by atoms with Crippen LogP contribution in [0.15, 0.2) is 72.3 Å². The molecule has 8 heteroatoms. The minimum Gasteiger partial charge on any atom is -0.507 e. The molecule has 1 heterocycles. The molecular weight excluding hydrogens is 489 g/mol. The number of carbonyl (C=O) groups excluding carboxylic acids is 2. The Morgan fingerprint density at radius 2 is 1.74 bits per heavy atom. The summed E-state index contributed by atoms with van der Waals surface area (Å²) in [6.07, 6.45) is 0. The van der Waals surface area contributed by atoms with Gasteiger partial charge in [0.25, 0.3) is 11.7 Å². The van der Waals surface area contributed by atoms with Crippen molar-refractivity contribution >= 4 is 46.3 Å². The van der Waals surface area contributed by atoms with Gasteiger partial charge >= 0.3 is 0 Å². The number of Topliss-reactive ketones (excluding diaryl/α,β-unsaturated/α-hetero) is 1. The molecule has 0 aliphatic carbocycles. The van der Waals surface area contributed by atoms with Crippen LogP contribution in [-0.4, -0.2) is 28.5 Å². The number of aliphatic hydroxyl groups is 1. The summed E-state index contributed by atoms with van der Waals surface area (Å²) in [4.78, 5) is 27.7. The molecule has 1 saturated heterocycles. The van der Waals surface area contributed by atoms with Crippen molar-refractivity contribution in [3.63, 3.8) is 0 Å². The molecule has 0 saturated carbocycles. The van der Waals surface area contributed by atoms with E-state index in [1.807, 2.05) is 13.8 Å². The van der Waals surface area contributed by atoms with Gasteiger partial charge in [-0.1, -0.05) is 49.2 Å². The summed E-state index contributed by atoms with van der Waals surface area (Å²) in [6.45, 7) is 4.61. The molecule has 0 spiro atoms. The average Bonchev–Trinajstić information content (AvgIpc) is 3.10. The number of amides is 1. The first-order valence-corrected chi connectivity index (χ1v) is 11.7. The predicted octanol–water partition coefficient (Wildman–Crippen LogP) is 6.36. The fourth-order valence-electron chi connectivity index (χ4n) is 3.86. The van der Waals surface area contributed by atoms with E-state index in [-0.39, 0.29) is 22.1 Å². The van der Waals surface area contributed by atoms with Crippen LogP contribution in [0.4, 0.5) is 5.69 Å². The highest BCUT2D eigenvalue weighted by molar-refractivity contribution is 6.52. The number of carbonyl (C=O) groups is 2. The fraction of sp³-hybridized carbons (Fsp3) is 0.185. The number of aliphatic hydroxyl groups excluding tert-OH is 1. The lowest BCUT2D eigenvalue weighted by atomic mass is 9.95. The number of aromatic hydroxyl groups is 1. The Kier molecular flexibility index (Phi) is 7.05. The first-order valence-electron chi connectivity index (χ1n) is 11.0. The second kappa shape index (κ2) is 10.0. The van der Waals surface area contributed by atoms with Gasteiger partial charge < -0.3 is 14.9 Å². The minimum atomic E-state index is -0.997. The topological polar surface area (TPSA) is 87.1 Å². The Labute approximate surface area is 213 Å².